The molecule has 27 heavy (non-hydrogen) atoms. The third-order valence-electron chi connectivity index (χ3n) is 5.20. The van der Waals surface area contributed by atoms with E-state index in [-0.39, 0.29) is 30.6 Å². The lowest BCUT2D eigenvalue weighted by Crippen LogP contribution is -2.68. The van der Waals surface area contributed by atoms with Gasteiger partial charge in [0.25, 0.3) is 0 Å². The zero-order chi connectivity index (χ0) is 18.8. The van der Waals surface area contributed by atoms with E-state index in [1.165, 1.54) is 4.90 Å². The Morgan fingerprint density at radius 2 is 2.00 bits per heavy atom. The van der Waals surface area contributed by atoms with Gasteiger partial charge in [-0.15, -0.1) is 0 Å². The molecule has 4 rings (SSSR count). The molecule has 140 valence electrons. The molecule has 1 aromatic carbocycles. The molecular weight excluding hydrogens is 364 g/mol. The number of fused-ring (bicyclic) bond motifs is 1. The van der Waals surface area contributed by atoms with Gasteiger partial charge in [-0.1, -0.05) is 35.9 Å². The van der Waals surface area contributed by atoms with E-state index in [0.29, 0.717) is 11.6 Å². The average Bonchev–Trinajstić information content (AvgIpc) is 2.70. The summed E-state index contributed by atoms with van der Waals surface area (Å²) in [6.45, 7) is 1.38. The van der Waals surface area contributed by atoms with Gasteiger partial charge >= 0.3 is 6.03 Å². The van der Waals surface area contributed by atoms with E-state index in [9.17, 15) is 9.59 Å². The number of nitrogens with zero attached hydrogens (tertiary/aromatic N) is 3. The van der Waals surface area contributed by atoms with Gasteiger partial charge < -0.3 is 10.2 Å². The summed E-state index contributed by atoms with van der Waals surface area (Å²) in [6.07, 6.45) is 5.09. The maximum absolute atomic E-state index is 13.3. The monoisotopic (exact) mass is 384 g/mol. The van der Waals surface area contributed by atoms with Crippen LogP contribution < -0.4 is 5.32 Å². The fourth-order valence-corrected chi connectivity index (χ4v) is 4.03. The Morgan fingerprint density at radius 1 is 1.15 bits per heavy atom. The van der Waals surface area contributed by atoms with Crippen LogP contribution in [0.25, 0.3) is 0 Å². The molecule has 0 aliphatic carbocycles. The fraction of sp³-hybridized carbons (Fsp3) is 0.350. The number of pyridine rings is 1. The van der Waals surface area contributed by atoms with Crippen LogP contribution in [0.15, 0.2) is 48.8 Å². The Morgan fingerprint density at radius 3 is 2.78 bits per heavy atom. The first-order valence-corrected chi connectivity index (χ1v) is 9.50. The number of amides is 3. The maximum atomic E-state index is 13.3. The molecule has 1 aromatic heterocycles. The predicted molar refractivity (Wildman–Crippen MR) is 102 cm³/mol. The summed E-state index contributed by atoms with van der Waals surface area (Å²) in [5, 5.41) is 3.93. The van der Waals surface area contributed by atoms with Crippen molar-refractivity contribution in [2.24, 2.45) is 0 Å². The highest BCUT2D eigenvalue weighted by atomic mass is 35.5. The van der Waals surface area contributed by atoms with Crippen molar-refractivity contribution >= 4 is 23.5 Å². The Hall–Kier alpha value is -2.44. The van der Waals surface area contributed by atoms with Crippen LogP contribution >= 0.6 is 11.6 Å². The Kier molecular flexibility index (Phi) is 5.09. The van der Waals surface area contributed by atoms with Crippen molar-refractivity contribution in [3.63, 3.8) is 0 Å². The standard InChI is InChI=1S/C20H21ClN4O2/c21-16-7-2-1-6-15(16)13-24-17-8-4-10-23-18(17)19(26)25(20(24)27)12-14-5-3-9-22-11-14/h1-3,5-7,9,11,17-18,23H,4,8,10,12-13H2. The quantitative estimate of drug-likeness (QED) is 0.880. The first kappa shape index (κ1) is 17.9. The summed E-state index contributed by atoms with van der Waals surface area (Å²) in [5.74, 6) is -0.163. The normalized spacial score (nSPS) is 22.7. The molecule has 2 aromatic rings. The summed E-state index contributed by atoms with van der Waals surface area (Å²) in [7, 11) is 0. The van der Waals surface area contributed by atoms with Gasteiger partial charge in [0.15, 0.2) is 0 Å². The van der Waals surface area contributed by atoms with Crippen LogP contribution in [0.2, 0.25) is 5.02 Å². The average molecular weight is 385 g/mol. The number of benzene rings is 1. The van der Waals surface area contributed by atoms with E-state index < -0.39 is 0 Å². The van der Waals surface area contributed by atoms with E-state index in [1.54, 1.807) is 23.4 Å². The highest BCUT2D eigenvalue weighted by molar-refractivity contribution is 6.31. The maximum Gasteiger partial charge on any atom is 0.327 e. The second-order valence-electron chi connectivity index (χ2n) is 6.93. The number of hydrogen-bond donors (Lipinski definition) is 1. The molecular formula is C20H21ClN4O2. The Balaban J connectivity index is 1.64. The van der Waals surface area contributed by atoms with Crippen molar-refractivity contribution < 1.29 is 9.59 Å². The van der Waals surface area contributed by atoms with E-state index in [2.05, 4.69) is 10.3 Å². The summed E-state index contributed by atoms with van der Waals surface area (Å²) in [6, 6.07) is 10.4. The predicted octanol–water partition coefficient (Wildman–Crippen LogP) is 2.82. The third-order valence-corrected chi connectivity index (χ3v) is 5.57. The van der Waals surface area contributed by atoms with Crippen LogP contribution in [0, 0.1) is 0 Å². The highest BCUT2D eigenvalue weighted by Gasteiger charge is 2.47. The lowest BCUT2D eigenvalue weighted by molar-refractivity contribution is -0.137. The number of carbonyl (C=O) groups excluding carboxylic acids is 2. The highest BCUT2D eigenvalue weighted by Crippen LogP contribution is 2.29. The second kappa shape index (κ2) is 7.66. The minimum atomic E-state index is -0.379. The van der Waals surface area contributed by atoms with Gasteiger partial charge in [0, 0.05) is 24.0 Å². The van der Waals surface area contributed by atoms with Crippen LogP contribution in [0.3, 0.4) is 0 Å². The minimum absolute atomic E-state index is 0.153. The molecule has 1 N–H and O–H groups in total. The topological polar surface area (TPSA) is 65.5 Å². The van der Waals surface area contributed by atoms with Crippen LogP contribution in [0.4, 0.5) is 4.79 Å². The van der Waals surface area contributed by atoms with Crippen molar-refractivity contribution in [3.05, 3.63) is 64.9 Å². The molecule has 2 saturated heterocycles. The van der Waals surface area contributed by atoms with E-state index >= 15 is 0 Å². The molecule has 7 heteroatoms. The summed E-state index contributed by atoms with van der Waals surface area (Å²) < 4.78 is 0. The Labute approximate surface area is 163 Å². The number of carbonyl (C=O) groups is 2. The molecule has 0 saturated carbocycles. The molecule has 2 atom stereocenters. The molecule has 2 aliphatic heterocycles. The largest absolute Gasteiger partial charge is 0.327 e. The molecule has 3 amide bonds. The molecule has 6 nitrogen and oxygen atoms in total. The molecule has 3 heterocycles. The fourth-order valence-electron chi connectivity index (χ4n) is 3.83. The second-order valence-corrected chi connectivity index (χ2v) is 7.34. The zero-order valence-corrected chi connectivity index (χ0v) is 15.6. The zero-order valence-electron chi connectivity index (χ0n) is 14.8. The molecule has 0 bridgehead atoms. The first-order valence-electron chi connectivity index (χ1n) is 9.13. The minimum Gasteiger partial charge on any atom is -0.315 e. The summed E-state index contributed by atoms with van der Waals surface area (Å²) in [5.41, 5.74) is 1.71. The van der Waals surface area contributed by atoms with E-state index in [1.807, 2.05) is 30.3 Å². The number of nitrogens with one attached hydrogen (secondary N) is 1. The van der Waals surface area contributed by atoms with Crippen molar-refractivity contribution in [1.82, 2.24) is 20.1 Å². The van der Waals surface area contributed by atoms with Gasteiger partial charge in [-0.25, -0.2) is 4.79 Å². The van der Waals surface area contributed by atoms with Crippen molar-refractivity contribution in [2.75, 3.05) is 6.54 Å². The van der Waals surface area contributed by atoms with Gasteiger partial charge in [0.05, 0.1) is 12.6 Å². The van der Waals surface area contributed by atoms with Crippen LogP contribution in [0.1, 0.15) is 24.0 Å². The molecule has 2 aliphatic rings. The van der Waals surface area contributed by atoms with E-state index in [4.69, 9.17) is 11.6 Å². The Bertz CT molecular complexity index is 845. The van der Waals surface area contributed by atoms with Gasteiger partial charge in [-0.2, -0.15) is 0 Å². The number of hydrogen-bond acceptors (Lipinski definition) is 4. The number of piperidine rings is 1. The lowest BCUT2D eigenvalue weighted by atomic mass is 9.93. The van der Waals surface area contributed by atoms with Crippen LogP contribution in [-0.4, -0.2) is 45.4 Å². The van der Waals surface area contributed by atoms with Crippen LogP contribution in [0.5, 0.6) is 0 Å². The molecule has 2 fully saturated rings. The smallest absolute Gasteiger partial charge is 0.315 e. The lowest BCUT2D eigenvalue weighted by Gasteiger charge is -2.47. The van der Waals surface area contributed by atoms with Gasteiger partial charge in [-0.05, 0) is 42.6 Å². The van der Waals surface area contributed by atoms with Gasteiger partial charge in [0.1, 0.15) is 6.04 Å². The number of urea groups is 1. The van der Waals surface area contributed by atoms with Crippen molar-refractivity contribution in [3.8, 4) is 0 Å². The third kappa shape index (κ3) is 3.55. The van der Waals surface area contributed by atoms with Crippen molar-refractivity contribution in [2.45, 2.75) is 38.0 Å². The van der Waals surface area contributed by atoms with Crippen molar-refractivity contribution in [1.29, 1.82) is 0 Å². The number of rotatable bonds is 4. The number of aromatic nitrogens is 1. The molecule has 0 spiro atoms. The van der Waals surface area contributed by atoms with Gasteiger partial charge in [-0.3, -0.25) is 14.7 Å². The first-order chi connectivity index (χ1) is 13.1. The summed E-state index contributed by atoms with van der Waals surface area (Å²) >= 11 is 6.32. The summed E-state index contributed by atoms with van der Waals surface area (Å²) in [4.78, 5) is 33.5. The molecule has 0 radical (unpaired) electrons. The SMILES string of the molecule is O=C1C2NCCCC2N(Cc2ccccc2Cl)C(=O)N1Cc1cccnc1. The van der Waals surface area contributed by atoms with E-state index in [0.717, 1.165) is 30.5 Å². The van der Waals surface area contributed by atoms with Gasteiger partial charge in [0.2, 0.25) is 5.91 Å². The number of imide groups is 1. The molecule has 2 unspecified atom stereocenters. The number of halogens is 1. The van der Waals surface area contributed by atoms with Crippen LogP contribution in [-0.2, 0) is 17.9 Å².